The molecule has 0 saturated heterocycles. The van der Waals surface area contributed by atoms with Crippen molar-refractivity contribution in [3.05, 3.63) is 35.4 Å². The number of carbonyl (C=O) groups excluding carboxylic acids is 1. The third-order valence-corrected chi connectivity index (χ3v) is 5.29. The van der Waals surface area contributed by atoms with E-state index in [9.17, 15) is 4.79 Å². The average Bonchev–Trinajstić information content (AvgIpc) is 3.07. The van der Waals surface area contributed by atoms with Gasteiger partial charge >= 0.3 is 0 Å². The van der Waals surface area contributed by atoms with Gasteiger partial charge in [-0.3, -0.25) is 4.79 Å². The Labute approximate surface area is 153 Å². The maximum atomic E-state index is 13.2. The number of anilines is 1. The van der Waals surface area contributed by atoms with E-state index in [0.717, 1.165) is 36.2 Å². The Morgan fingerprint density at radius 3 is 2.81 bits per heavy atom. The van der Waals surface area contributed by atoms with Crippen molar-refractivity contribution in [2.75, 3.05) is 31.6 Å². The quantitative estimate of drug-likeness (QED) is 0.828. The molecule has 0 spiro atoms. The van der Waals surface area contributed by atoms with Gasteiger partial charge in [0.15, 0.2) is 5.82 Å². The number of benzene rings is 1. The van der Waals surface area contributed by atoms with Crippen LogP contribution in [0.25, 0.3) is 0 Å². The van der Waals surface area contributed by atoms with Gasteiger partial charge in [0, 0.05) is 31.6 Å². The highest BCUT2D eigenvalue weighted by Crippen LogP contribution is 2.33. The van der Waals surface area contributed by atoms with E-state index in [2.05, 4.69) is 33.5 Å². The lowest BCUT2D eigenvalue weighted by Crippen LogP contribution is -2.41. The van der Waals surface area contributed by atoms with Crippen molar-refractivity contribution in [1.82, 2.24) is 19.7 Å². The third-order valence-electron chi connectivity index (χ3n) is 5.29. The summed E-state index contributed by atoms with van der Waals surface area (Å²) in [6.45, 7) is 9.15. The highest BCUT2D eigenvalue weighted by Gasteiger charge is 2.32. The van der Waals surface area contributed by atoms with Gasteiger partial charge in [-0.25, -0.2) is 0 Å². The number of carbonyl (C=O) groups is 1. The molecule has 1 aromatic heterocycles. The molecule has 1 atom stereocenters. The van der Waals surface area contributed by atoms with Crippen molar-refractivity contribution >= 4 is 11.6 Å². The van der Waals surface area contributed by atoms with Crippen LogP contribution >= 0.6 is 0 Å². The van der Waals surface area contributed by atoms with Crippen molar-refractivity contribution in [1.29, 1.82) is 0 Å². The Hall–Kier alpha value is -2.57. The van der Waals surface area contributed by atoms with E-state index in [1.165, 1.54) is 0 Å². The van der Waals surface area contributed by atoms with Gasteiger partial charge < -0.3 is 19.1 Å². The van der Waals surface area contributed by atoms with Crippen LogP contribution in [0.5, 0.6) is 5.75 Å². The minimum Gasteiger partial charge on any atom is -0.490 e. The van der Waals surface area contributed by atoms with Crippen LogP contribution in [0.1, 0.15) is 54.7 Å². The van der Waals surface area contributed by atoms with Crippen molar-refractivity contribution in [2.45, 2.75) is 39.3 Å². The SMILES string of the molecule is CC(C)c1nnc2n1CCN(C(=O)c1ccc3c(c1)N(C)CCO3)C2C. The van der Waals surface area contributed by atoms with Crippen molar-refractivity contribution in [2.24, 2.45) is 0 Å². The lowest BCUT2D eigenvalue weighted by Gasteiger charge is -2.34. The summed E-state index contributed by atoms with van der Waals surface area (Å²) >= 11 is 0. The van der Waals surface area contributed by atoms with Gasteiger partial charge in [0.2, 0.25) is 0 Å². The van der Waals surface area contributed by atoms with Crippen LogP contribution in [0.2, 0.25) is 0 Å². The predicted molar refractivity (Wildman–Crippen MR) is 98.8 cm³/mol. The minimum absolute atomic E-state index is 0.0274. The summed E-state index contributed by atoms with van der Waals surface area (Å²) in [7, 11) is 2.02. The first-order valence-corrected chi connectivity index (χ1v) is 9.19. The Balaban J connectivity index is 1.62. The number of hydrogen-bond acceptors (Lipinski definition) is 5. The maximum Gasteiger partial charge on any atom is 0.254 e. The summed E-state index contributed by atoms with van der Waals surface area (Å²) in [6, 6.07) is 5.59. The van der Waals surface area contributed by atoms with E-state index in [0.29, 0.717) is 24.6 Å². The zero-order valence-corrected chi connectivity index (χ0v) is 15.8. The van der Waals surface area contributed by atoms with Crippen LogP contribution in [0.15, 0.2) is 18.2 Å². The van der Waals surface area contributed by atoms with E-state index < -0.39 is 0 Å². The lowest BCUT2D eigenvalue weighted by molar-refractivity contribution is 0.0636. The van der Waals surface area contributed by atoms with Gasteiger partial charge in [0.25, 0.3) is 5.91 Å². The first kappa shape index (κ1) is 16.9. The number of fused-ring (bicyclic) bond motifs is 2. The Morgan fingerprint density at radius 2 is 2.04 bits per heavy atom. The smallest absolute Gasteiger partial charge is 0.254 e. The number of ether oxygens (including phenoxy) is 1. The monoisotopic (exact) mass is 355 g/mol. The molecule has 0 radical (unpaired) electrons. The average molecular weight is 355 g/mol. The molecule has 1 amide bonds. The lowest BCUT2D eigenvalue weighted by atomic mass is 10.1. The maximum absolute atomic E-state index is 13.2. The summed E-state index contributed by atoms with van der Waals surface area (Å²) < 4.78 is 7.84. The fourth-order valence-corrected chi connectivity index (χ4v) is 3.76. The molecule has 1 unspecified atom stereocenters. The van der Waals surface area contributed by atoms with Crippen LogP contribution < -0.4 is 9.64 Å². The fraction of sp³-hybridized carbons (Fsp3) is 0.526. The van der Waals surface area contributed by atoms with E-state index in [-0.39, 0.29) is 11.9 Å². The van der Waals surface area contributed by atoms with Crippen LogP contribution in [-0.4, -0.2) is 52.3 Å². The van der Waals surface area contributed by atoms with Gasteiger partial charge in [-0.2, -0.15) is 0 Å². The topological polar surface area (TPSA) is 63.5 Å². The van der Waals surface area contributed by atoms with E-state index in [4.69, 9.17) is 4.74 Å². The molecule has 7 heteroatoms. The molecule has 26 heavy (non-hydrogen) atoms. The second-order valence-corrected chi connectivity index (χ2v) is 7.35. The molecule has 0 bridgehead atoms. The summed E-state index contributed by atoms with van der Waals surface area (Å²) in [4.78, 5) is 17.2. The molecular weight excluding hydrogens is 330 g/mol. The van der Waals surface area contributed by atoms with E-state index in [1.54, 1.807) is 0 Å². The predicted octanol–water partition coefficient (Wildman–Crippen LogP) is 2.45. The number of amides is 1. The highest BCUT2D eigenvalue weighted by molar-refractivity contribution is 5.96. The molecule has 0 N–H and O–H groups in total. The van der Waals surface area contributed by atoms with Crippen molar-refractivity contribution in [3.63, 3.8) is 0 Å². The molecule has 7 nitrogen and oxygen atoms in total. The Kier molecular flexibility index (Phi) is 4.09. The fourth-order valence-electron chi connectivity index (χ4n) is 3.76. The number of likely N-dealkylation sites (N-methyl/N-ethyl adjacent to an activating group) is 1. The normalized spacial score (nSPS) is 19.2. The molecular formula is C19H25N5O2. The van der Waals surface area contributed by atoms with E-state index >= 15 is 0 Å². The van der Waals surface area contributed by atoms with Crippen LogP contribution in [-0.2, 0) is 6.54 Å². The second-order valence-electron chi connectivity index (χ2n) is 7.35. The Morgan fingerprint density at radius 1 is 1.23 bits per heavy atom. The molecule has 4 rings (SSSR count). The molecule has 0 fully saturated rings. The summed E-state index contributed by atoms with van der Waals surface area (Å²) in [5.41, 5.74) is 1.65. The zero-order valence-electron chi connectivity index (χ0n) is 15.8. The summed E-state index contributed by atoms with van der Waals surface area (Å²) in [6.07, 6.45) is 0. The number of aromatic nitrogens is 3. The number of hydrogen-bond donors (Lipinski definition) is 0. The molecule has 2 aromatic rings. The largest absolute Gasteiger partial charge is 0.490 e. The standard InChI is InChI=1S/C19H25N5O2/c1-12(2)17-20-21-18-13(3)23(7-8-24(17)18)19(25)14-5-6-16-15(11-14)22(4)9-10-26-16/h5-6,11-13H,7-10H2,1-4H3. The van der Waals surface area contributed by atoms with E-state index in [1.807, 2.05) is 37.1 Å². The molecule has 3 heterocycles. The molecule has 138 valence electrons. The zero-order chi connectivity index (χ0) is 18.4. The van der Waals surface area contributed by atoms with Crippen LogP contribution in [0.3, 0.4) is 0 Å². The minimum atomic E-state index is -0.0961. The Bertz CT molecular complexity index is 844. The van der Waals surface area contributed by atoms with Gasteiger partial charge in [-0.15, -0.1) is 10.2 Å². The number of rotatable bonds is 2. The molecule has 1 aromatic carbocycles. The van der Waals surface area contributed by atoms with Crippen molar-refractivity contribution < 1.29 is 9.53 Å². The summed E-state index contributed by atoms with van der Waals surface area (Å²) in [5, 5.41) is 8.69. The first-order valence-electron chi connectivity index (χ1n) is 9.19. The molecule has 0 saturated carbocycles. The molecule has 2 aliphatic heterocycles. The van der Waals surface area contributed by atoms with Crippen LogP contribution in [0, 0.1) is 0 Å². The third kappa shape index (κ3) is 2.62. The molecule has 0 aliphatic carbocycles. The van der Waals surface area contributed by atoms with Crippen molar-refractivity contribution in [3.8, 4) is 5.75 Å². The van der Waals surface area contributed by atoms with Crippen LogP contribution in [0.4, 0.5) is 5.69 Å². The summed E-state index contributed by atoms with van der Waals surface area (Å²) in [5.74, 6) is 3.04. The number of nitrogens with zero attached hydrogens (tertiary/aromatic N) is 5. The molecule has 2 aliphatic rings. The van der Waals surface area contributed by atoms with Gasteiger partial charge in [-0.1, -0.05) is 13.8 Å². The first-order chi connectivity index (χ1) is 12.5. The second kappa shape index (κ2) is 6.30. The van der Waals surface area contributed by atoms with Gasteiger partial charge in [0.1, 0.15) is 18.2 Å². The van der Waals surface area contributed by atoms with Gasteiger partial charge in [-0.05, 0) is 25.1 Å². The highest BCUT2D eigenvalue weighted by atomic mass is 16.5. The van der Waals surface area contributed by atoms with Gasteiger partial charge in [0.05, 0.1) is 18.3 Å².